The molecule has 1 aliphatic heterocycles. The van der Waals surface area contributed by atoms with Gasteiger partial charge in [-0.2, -0.15) is 0 Å². The van der Waals surface area contributed by atoms with E-state index in [4.69, 9.17) is 0 Å². The van der Waals surface area contributed by atoms with Crippen LogP contribution in [0.15, 0.2) is 0 Å². The fourth-order valence-corrected chi connectivity index (χ4v) is 1.53. The minimum Gasteiger partial charge on any atom is -0.315 e. The van der Waals surface area contributed by atoms with Gasteiger partial charge in [-0.15, -0.1) is 0 Å². The van der Waals surface area contributed by atoms with E-state index in [-0.39, 0.29) is 16.5 Å². The molecule has 0 amide bonds. The van der Waals surface area contributed by atoms with E-state index in [1.54, 1.807) is 0 Å². The third-order valence-electron chi connectivity index (χ3n) is 2.37. The van der Waals surface area contributed by atoms with Crippen molar-refractivity contribution in [2.75, 3.05) is 52.4 Å². The molecule has 15 heavy (non-hydrogen) atoms. The Morgan fingerprint density at radius 2 is 0.667 bits per heavy atom. The maximum absolute atomic E-state index is 3.42. The molecule has 1 aliphatic rings. The summed E-state index contributed by atoms with van der Waals surface area (Å²) in [6.07, 6.45) is 2.44. The average Bonchev–Trinajstić information content (AvgIpc) is 2.22. The predicted octanol–water partition coefficient (Wildman–Crippen LogP) is -0.864. The standard InChI is InChI=1S/C10H24N4.Ni/c1-3-11-7-9-13-5-2-6-14-10-8-12-4-1;/h11-14H,1-10H2;/q;+2. The largest absolute Gasteiger partial charge is 2.00 e. The summed E-state index contributed by atoms with van der Waals surface area (Å²) in [5, 5.41) is 13.7. The molecule has 0 bridgehead atoms. The van der Waals surface area contributed by atoms with E-state index in [2.05, 4.69) is 21.3 Å². The zero-order valence-electron chi connectivity index (χ0n) is 9.39. The first-order valence-corrected chi connectivity index (χ1v) is 5.83. The molecule has 0 radical (unpaired) electrons. The van der Waals surface area contributed by atoms with Crippen LogP contribution in [0.4, 0.5) is 0 Å². The molecule has 1 rings (SSSR count). The van der Waals surface area contributed by atoms with Crippen LogP contribution >= 0.6 is 0 Å². The van der Waals surface area contributed by atoms with Crippen LogP contribution in [-0.4, -0.2) is 52.4 Å². The van der Waals surface area contributed by atoms with Crippen molar-refractivity contribution in [2.24, 2.45) is 0 Å². The smallest absolute Gasteiger partial charge is 0.315 e. The normalized spacial score (nSPS) is 22.4. The quantitative estimate of drug-likeness (QED) is 0.427. The van der Waals surface area contributed by atoms with Crippen molar-refractivity contribution >= 4 is 0 Å². The molecule has 0 aliphatic carbocycles. The topological polar surface area (TPSA) is 48.1 Å². The zero-order valence-corrected chi connectivity index (χ0v) is 10.4. The van der Waals surface area contributed by atoms with E-state index in [1.807, 2.05) is 0 Å². The van der Waals surface area contributed by atoms with Crippen LogP contribution in [-0.2, 0) is 16.5 Å². The molecule has 5 heteroatoms. The van der Waals surface area contributed by atoms with Gasteiger partial charge in [0, 0.05) is 26.2 Å². The molecule has 0 aromatic rings. The third-order valence-corrected chi connectivity index (χ3v) is 2.37. The molecule has 1 fully saturated rings. The number of hydrogen-bond donors (Lipinski definition) is 4. The molecule has 1 saturated heterocycles. The van der Waals surface area contributed by atoms with Crippen LogP contribution < -0.4 is 21.3 Å². The summed E-state index contributed by atoms with van der Waals surface area (Å²) in [5.74, 6) is 0. The summed E-state index contributed by atoms with van der Waals surface area (Å²) in [7, 11) is 0. The van der Waals surface area contributed by atoms with Gasteiger partial charge < -0.3 is 21.3 Å². The van der Waals surface area contributed by atoms with Gasteiger partial charge in [-0.1, -0.05) is 0 Å². The van der Waals surface area contributed by atoms with Crippen molar-refractivity contribution in [3.05, 3.63) is 0 Å². The molecule has 92 valence electrons. The van der Waals surface area contributed by atoms with Gasteiger partial charge in [0.25, 0.3) is 0 Å². The van der Waals surface area contributed by atoms with Gasteiger partial charge in [0.2, 0.25) is 0 Å². The Balaban J connectivity index is 0.00000196. The Morgan fingerprint density at radius 1 is 0.400 bits per heavy atom. The Labute approximate surface area is 103 Å². The van der Waals surface area contributed by atoms with E-state index >= 15 is 0 Å². The molecular formula is C10H24N4Ni+2. The molecule has 1 heterocycles. The fraction of sp³-hybridized carbons (Fsp3) is 1.00. The second-order valence-corrected chi connectivity index (χ2v) is 3.71. The summed E-state index contributed by atoms with van der Waals surface area (Å²) >= 11 is 0. The molecule has 0 aromatic carbocycles. The molecule has 0 unspecified atom stereocenters. The van der Waals surface area contributed by atoms with Crippen molar-refractivity contribution in [1.29, 1.82) is 0 Å². The molecule has 0 aromatic heterocycles. The van der Waals surface area contributed by atoms with Crippen LogP contribution in [0.25, 0.3) is 0 Å². The Morgan fingerprint density at radius 3 is 0.933 bits per heavy atom. The van der Waals surface area contributed by atoms with Crippen LogP contribution in [0.2, 0.25) is 0 Å². The number of hydrogen-bond acceptors (Lipinski definition) is 4. The summed E-state index contributed by atoms with van der Waals surface area (Å²) in [4.78, 5) is 0. The van der Waals surface area contributed by atoms with Crippen molar-refractivity contribution in [2.45, 2.75) is 12.8 Å². The van der Waals surface area contributed by atoms with Gasteiger partial charge in [0.1, 0.15) is 0 Å². The first-order chi connectivity index (χ1) is 7.00. The van der Waals surface area contributed by atoms with E-state index in [0.717, 1.165) is 52.4 Å². The summed E-state index contributed by atoms with van der Waals surface area (Å²) in [5.41, 5.74) is 0. The third kappa shape index (κ3) is 10.6. The summed E-state index contributed by atoms with van der Waals surface area (Å²) < 4.78 is 0. The Hall–Kier alpha value is 0.334. The molecule has 4 nitrogen and oxygen atoms in total. The van der Waals surface area contributed by atoms with Crippen LogP contribution in [0.1, 0.15) is 12.8 Å². The van der Waals surface area contributed by atoms with E-state index < -0.39 is 0 Å². The SMILES string of the molecule is C1CNCCNCCCNCCNC1.[Ni+2]. The minimum absolute atomic E-state index is 0. The second-order valence-electron chi connectivity index (χ2n) is 3.71. The maximum atomic E-state index is 3.42. The van der Waals surface area contributed by atoms with Gasteiger partial charge >= 0.3 is 16.5 Å². The van der Waals surface area contributed by atoms with E-state index in [9.17, 15) is 0 Å². The maximum Gasteiger partial charge on any atom is 2.00 e. The van der Waals surface area contributed by atoms with Crippen molar-refractivity contribution < 1.29 is 16.5 Å². The van der Waals surface area contributed by atoms with Gasteiger partial charge in [-0.05, 0) is 39.0 Å². The molecule has 0 spiro atoms. The summed E-state index contributed by atoms with van der Waals surface area (Å²) in [6.45, 7) is 8.87. The van der Waals surface area contributed by atoms with Gasteiger partial charge in [-0.3, -0.25) is 0 Å². The molecule has 0 atom stereocenters. The van der Waals surface area contributed by atoms with Crippen molar-refractivity contribution in [3.63, 3.8) is 0 Å². The fourth-order valence-electron chi connectivity index (χ4n) is 1.53. The zero-order chi connectivity index (χ0) is 9.90. The first kappa shape index (κ1) is 15.3. The van der Waals surface area contributed by atoms with Gasteiger partial charge in [0.15, 0.2) is 0 Å². The second kappa shape index (κ2) is 12.4. The minimum atomic E-state index is 0. The summed E-state index contributed by atoms with van der Waals surface area (Å²) in [6, 6.07) is 0. The van der Waals surface area contributed by atoms with E-state index in [0.29, 0.717) is 0 Å². The number of nitrogens with one attached hydrogen (secondary N) is 4. The van der Waals surface area contributed by atoms with Crippen LogP contribution in [0, 0.1) is 0 Å². The van der Waals surface area contributed by atoms with Gasteiger partial charge in [0.05, 0.1) is 0 Å². The van der Waals surface area contributed by atoms with Crippen LogP contribution in [0.5, 0.6) is 0 Å². The monoisotopic (exact) mass is 258 g/mol. The average molecular weight is 259 g/mol. The van der Waals surface area contributed by atoms with Gasteiger partial charge in [-0.25, -0.2) is 0 Å². The van der Waals surface area contributed by atoms with Crippen molar-refractivity contribution in [3.8, 4) is 0 Å². The number of rotatable bonds is 0. The molecular weight excluding hydrogens is 235 g/mol. The Bertz CT molecular complexity index is 70.7. The first-order valence-electron chi connectivity index (χ1n) is 5.83. The van der Waals surface area contributed by atoms with E-state index in [1.165, 1.54) is 12.8 Å². The van der Waals surface area contributed by atoms with Crippen LogP contribution in [0.3, 0.4) is 0 Å². The molecule has 0 saturated carbocycles. The van der Waals surface area contributed by atoms with Crippen molar-refractivity contribution in [1.82, 2.24) is 21.3 Å². The Kier molecular flexibility index (Phi) is 12.7. The predicted molar refractivity (Wildman–Crippen MR) is 60.7 cm³/mol. The molecule has 4 N–H and O–H groups in total.